The highest BCUT2D eigenvalue weighted by Crippen LogP contribution is 2.54. The van der Waals surface area contributed by atoms with Crippen LogP contribution in [0, 0.1) is 12.8 Å². The zero-order valence-corrected chi connectivity index (χ0v) is 23.4. The van der Waals surface area contributed by atoms with Crippen molar-refractivity contribution in [3.05, 3.63) is 91.0 Å². The van der Waals surface area contributed by atoms with Gasteiger partial charge in [0.15, 0.2) is 0 Å². The molecular formula is C28H23N3O5S3. The molecule has 2 aliphatic rings. The number of carbonyl (C=O) groups excluding carboxylic acids is 3. The number of fused-ring (bicyclic) bond motifs is 2. The second-order valence-corrected chi connectivity index (χ2v) is 12.4. The monoisotopic (exact) mass is 577 g/mol. The maximum absolute atomic E-state index is 13.8. The summed E-state index contributed by atoms with van der Waals surface area (Å²) in [6.45, 7) is 1.71. The number of nitrogens with zero attached hydrogens (tertiary/aromatic N) is 2. The van der Waals surface area contributed by atoms with Gasteiger partial charge in [0.2, 0.25) is 17.7 Å². The first-order valence-corrected chi connectivity index (χ1v) is 14.8. The predicted molar refractivity (Wildman–Crippen MR) is 153 cm³/mol. The molecule has 4 aromatic rings. The number of anilines is 2. The summed E-state index contributed by atoms with van der Waals surface area (Å²) < 4.78 is 6.66. The minimum absolute atomic E-state index is 0.190. The van der Waals surface area contributed by atoms with Gasteiger partial charge in [0, 0.05) is 21.4 Å². The van der Waals surface area contributed by atoms with Crippen molar-refractivity contribution in [3.63, 3.8) is 0 Å². The maximum Gasteiger partial charge on any atom is 0.308 e. The van der Waals surface area contributed by atoms with Crippen molar-refractivity contribution in [2.45, 2.75) is 29.7 Å². The van der Waals surface area contributed by atoms with E-state index < -0.39 is 17.1 Å². The van der Waals surface area contributed by atoms with Gasteiger partial charge in [0.25, 0.3) is 0 Å². The number of aryl methyl sites for hydroxylation is 1. The number of benzene rings is 2. The maximum atomic E-state index is 13.8. The van der Waals surface area contributed by atoms with Crippen molar-refractivity contribution in [3.8, 4) is 5.75 Å². The highest BCUT2D eigenvalue weighted by molar-refractivity contribution is 8.00. The highest BCUT2D eigenvalue weighted by Gasteiger charge is 2.57. The molecule has 2 aromatic carbocycles. The Hall–Kier alpha value is -3.67. The van der Waals surface area contributed by atoms with Crippen molar-refractivity contribution in [1.29, 1.82) is 0 Å². The molecule has 2 unspecified atom stereocenters. The van der Waals surface area contributed by atoms with Gasteiger partial charge in [-0.2, -0.15) is 0 Å². The summed E-state index contributed by atoms with van der Waals surface area (Å²) in [6, 6.07) is 18.1. The van der Waals surface area contributed by atoms with E-state index in [0.717, 1.165) is 26.7 Å². The number of rotatable bonds is 6. The zero-order valence-electron chi connectivity index (χ0n) is 21.0. The second-order valence-electron chi connectivity index (χ2n) is 9.25. The van der Waals surface area contributed by atoms with E-state index in [1.54, 1.807) is 31.4 Å². The molecule has 39 heavy (non-hydrogen) atoms. The van der Waals surface area contributed by atoms with E-state index in [2.05, 4.69) is 5.32 Å². The van der Waals surface area contributed by atoms with Gasteiger partial charge in [-0.15, -0.1) is 11.3 Å². The molecule has 11 heteroatoms. The van der Waals surface area contributed by atoms with Gasteiger partial charge in [-0.05, 0) is 54.3 Å². The Bertz CT molecular complexity index is 1640. The quantitative estimate of drug-likeness (QED) is 0.333. The summed E-state index contributed by atoms with van der Waals surface area (Å²) in [5.41, 5.74) is 2.06. The molecule has 3 amide bonds. The molecule has 4 heterocycles. The first kappa shape index (κ1) is 25.6. The lowest BCUT2D eigenvalue weighted by molar-refractivity contribution is -0.122. The van der Waals surface area contributed by atoms with Crippen LogP contribution in [0.25, 0.3) is 0 Å². The van der Waals surface area contributed by atoms with Crippen LogP contribution in [0.5, 0.6) is 5.75 Å². The molecule has 198 valence electrons. The standard InChI is InChI=1S/C28H23N3O5S3/c1-15-6-3-4-7-18(15)29-20(32)14-30-27-24(39-28(30)35)21(19-8-5-13-37-19)22-23(38-27)26(34)31(25(22)33)16-9-11-17(36-2)12-10-16/h3-13,21-23H,14H2,1-2H3,(H,29,32)/t21-,22?,23?/m1/s1. The molecule has 0 spiro atoms. The Balaban J connectivity index is 1.38. The van der Waals surface area contributed by atoms with Gasteiger partial charge >= 0.3 is 4.87 Å². The summed E-state index contributed by atoms with van der Waals surface area (Å²) in [7, 11) is 1.55. The van der Waals surface area contributed by atoms with Gasteiger partial charge < -0.3 is 10.1 Å². The fourth-order valence-corrected chi connectivity index (χ4v) is 8.78. The normalized spacial score (nSPS) is 20.1. The van der Waals surface area contributed by atoms with Crippen molar-refractivity contribution in [2.75, 3.05) is 17.3 Å². The number of imide groups is 1. The number of amides is 3. The molecule has 2 aromatic heterocycles. The number of hydrogen-bond donors (Lipinski definition) is 1. The Labute approximate surface area is 236 Å². The number of thioether (sulfide) groups is 1. The van der Waals surface area contributed by atoms with Crippen LogP contribution in [-0.4, -0.2) is 34.6 Å². The molecule has 0 aliphatic carbocycles. The van der Waals surface area contributed by atoms with Gasteiger partial charge in [-0.25, -0.2) is 4.90 Å². The Morgan fingerprint density at radius 3 is 2.46 bits per heavy atom. The van der Waals surface area contributed by atoms with Crippen LogP contribution in [0.1, 0.15) is 21.2 Å². The molecule has 2 aliphatic heterocycles. The number of thiazole rings is 1. The number of carbonyl (C=O) groups is 3. The summed E-state index contributed by atoms with van der Waals surface area (Å²) in [5, 5.41) is 4.65. The first-order chi connectivity index (χ1) is 18.9. The van der Waals surface area contributed by atoms with Crippen LogP contribution in [0.3, 0.4) is 0 Å². The Morgan fingerprint density at radius 2 is 1.77 bits per heavy atom. The Kier molecular flexibility index (Phi) is 6.66. The summed E-state index contributed by atoms with van der Waals surface area (Å²) in [5.74, 6) is -1.46. The lowest BCUT2D eigenvalue weighted by Gasteiger charge is -2.29. The number of methoxy groups -OCH3 is 1. The largest absolute Gasteiger partial charge is 0.497 e. The minimum Gasteiger partial charge on any atom is -0.497 e. The molecule has 0 radical (unpaired) electrons. The van der Waals surface area contributed by atoms with Gasteiger partial charge in [0.1, 0.15) is 17.5 Å². The molecule has 6 rings (SSSR count). The summed E-state index contributed by atoms with van der Waals surface area (Å²) >= 11 is 3.74. The van der Waals surface area contributed by atoms with Crippen molar-refractivity contribution in [1.82, 2.24) is 4.57 Å². The average Bonchev–Trinajstić information content (AvgIpc) is 3.63. The van der Waals surface area contributed by atoms with E-state index >= 15 is 0 Å². The number of thiophene rings is 1. The fraction of sp³-hybridized carbons (Fsp3) is 0.214. The van der Waals surface area contributed by atoms with Gasteiger partial charge in [-0.1, -0.05) is 47.4 Å². The van der Waals surface area contributed by atoms with Crippen molar-refractivity contribution < 1.29 is 19.1 Å². The number of hydrogen-bond acceptors (Lipinski definition) is 8. The van der Waals surface area contributed by atoms with E-state index in [1.807, 2.05) is 48.7 Å². The van der Waals surface area contributed by atoms with Crippen molar-refractivity contribution >= 4 is 63.5 Å². The lowest BCUT2D eigenvalue weighted by atomic mass is 9.87. The smallest absolute Gasteiger partial charge is 0.308 e. The van der Waals surface area contributed by atoms with E-state index in [0.29, 0.717) is 22.2 Å². The van der Waals surface area contributed by atoms with E-state index in [4.69, 9.17) is 4.74 Å². The fourth-order valence-electron chi connectivity index (χ4n) is 5.06. The summed E-state index contributed by atoms with van der Waals surface area (Å²) in [6.07, 6.45) is 0. The predicted octanol–water partition coefficient (Wildman–Crippen LogP) is 4.72. The molecular weight excluding hydrogens is 555 g/mol. The highest BCUT2D eigenvalue weighted by atomic mass is 32.2. The second kappa shape index (κ2) is 10.1. The Morgan fingerprint density at radius 1 is 1.00 bits per heavy atom. The van der Waals surface area contributed by atoms with E-state index in [-0.39, 0.29) is 29.1 Å². The van der Waals surface area contributed by atoms with Crippen LogP contribution in [-0.2, 0) is 20.9 Å². The molecule has 0 bridgehead atoms. The van der Waals surface area contributed by atoms with Crippen LogP contribution in [0.4, 0.5) is 11.4 Å². The van der Waals surface area contributed by atoms with Gasteiger partial charge in [-0.3, -0.25) is 23.7 Å². The van der Waals surface area contributed by atoms with Gasteiger partial charge in [0.05, 0.1) is 23.7 Å². The van der Waals surface area contributed by atoms with Crippen molar-refractivity contribution in [2.24, 2.45) is 5.92 Å². The van der Waals surface area contributed by atoms with E-state index in [1.165, 1.54) is 32.6 Å². The third-order valence-electron chi connectivity index (χ3n) is 6.95. The number of para-hydroxylation sites is 1. The molecule has 3 atom stereocenters. The third-order valence-corrected chi connectivity index (χ3v) is 10.5. The summed E-state index contributed by atoms with van der Waals surface area (Å²) in [4.78, 5) is 56.4. The average molecular weight is 578 g/mol. The topological polar surface area (TPSA) is 97.7 Å². The number of ether oxygens (including phenoxy) is 1. The first-order valence-electron chi connectivity index (χ1n) is 12.2. The van der Waals surface area contributed by atoms with Crippen LogP contribution >= 0.6 is 34.4 Å². The van der Waals surface area contributed by atoms with Crippen LogP contribution < -0.4 is 19.8 Å². The molecule has 1 fully saturated rings. The van der Waals surface area contributed by atoms with Crippen LogP contribution in [0.2, 0.25) is 0 Å². The molecule has 8 nitrogen and oxygen atoms in total. The van der Waals surface area contributed by atoms with Crippen LogP contribution in [0.15, 0.2) is 75.9 Å². The third kappa shape index (κ3) is 4.40. The number of nitrogens with one attached hydrogen (secondary N) is 1. The lowest BCUT2D eigenvalue weighted by Crippen LogP contribution is -2.32. The molecule has 0 saturated carbocycles. The zero-order chi connectivity index (χ0) is 27.3. The SMILES string of the molecule is COc1ccc(N2C(=O)C3Sc4c(sc(=O)n4CC(=O)Nc4ccccc4C)[C@H](c4cccs4)C3C2=O)cc1. The minimum atomic E-state index is -0.723. The number of aromatic nitrogens is 1. The molecule has 1 saturated heterocycles. The van der Waals surface area contributed by atoms with E-state index in [9.17, 15) is 19.2 Å². The molecule has 1 N–H and O–H groups in total.